The first-order valence-electron chi connectivity index (χ1n) is 7.06. The Morgan fingerprint density at radius 2 is 2.14 bits per heavy atom. The van der Waals surface area contributed by atoms with Gasteiger partial charge in [-0.3, -0.25) is 4.79 Å². The van der Waals surface area contributed by atoms with Gasteiger partial charge in [-0.15, -0.1) is 12.4 Å². The molecule has 3 N–H and O–H groups in total. The van der Waals surface area contributed by atoms with E-state index in [1.54, 1.807) is 12.1 Å². The van der Waals surface area contributed by atoms with Gasteiger partial charge in [-0.05, 0) is 37.9 Å². The second-order valence-corrected chi connectivity index (χ2v) is 5.81. The molecule has 21 heavy (non-hydrogen) atoms. The Labute approximate surface area is 137 Å². The molecule has 4 nitrogen and oxygen atoms in total. The molecule has 118 valence electrons. The molecule has 0 saturated heterocycles. The van der Waals surface area contributed by atoms with Crippen LogP contribution >= 0.6 is 24.0 Å². The second kappa shape index (κ2) is 8.59. The number of carbonyl (C=O) groups is 1. The van der Waals surface area contributed by atoms with Crippen LogP contribution in [0.25, 0.3) is 0 Å². The summed E-state index contributed by atoms with van der Waals surface area (Å²) in [5, 5.41) is 3.40. The number of benzene rings is 1. The fourth-order valence-corrected chi connectivity index (χ4v) is 2.62. The minimum Gasteiger partial charge on any atom is -0.329 e. The van der Waals surface area contributed by atoms with E-state index in [4.69, 9.17) is 17.3 Å². The number of para-hydroxylation sites is 1. The van der Waals surface area contributed by atoms with Gasteiger partial charge >= 0.3 is 0 Å². The summed E-state index contributed by atoms with van der Waals surface area (Å²) in [4.78, 5) is 14.1. The zero-order valence-corrected chi connectivity index (χ0v) is 13.8. The molecule has 0 aliphatic heterocycles. The highest BCUT2D eigenvalue weighted by molar-refractivity contribution is 6.33. The van der Waals surface area contributed by atoms with Gasteiger partial charge in [0.2, 0.25) is 5.91 Å². The zero-order valence-electron chi connectivity index (χ0n) is 12.2. The van der Waals surface area contributed by atoms with Crippen molar-refractivity contribution in [2.45, 2.75) is 25.3 Å². The highest BCUT2D eigenvalue weighted by atomic mass is 35.5. The number of halogens is 2. The number of nitrogens with one attached hydrogen (secondary N) is 1. The van der Waals surface area contributed by atoms with Gasteiger partial charge in [0, 0.05) is 25.6 Å². The van der Waals surface area contributed by atoms with Crippen molar-refractivity contribution in [3.05, 3.63) is 29.3 Å². The number of hydrogen-bond acceptors (Lipinski definition) is 3. The SMILES string of the molecule is CN(CCC(=O)Nc1ccccc1Cl)C(CN)C1CC1.Cl. The van der Waals surface area contributed by atoms with Crippen LogP contribution in [0.2, 0.25) is 5.02 Å². The lowest BCUT2D eigenvalue weighted by Gasteiger charge is -2.26. The minimum absolute atomic E-state index is 0. The molecule has 1 aromatic carbocycles. The van der Waals surface area contributed by atoms with Crippen molar-refractivity contribution in [1.29, 1.82) is 0 Å². The van der Waals surface area contributed by atoms with Crippen molar-refractivity contribution in [3.8, 4) is 0 Å². The summed E-state index contributed by atoms with van der Waals surface area (Å²) < 4.78 is 0. The molecule has 1 saturated carbocycles. The maximum atomic E-state index is 11.9. The molecule has 1 aliphatic rings. The predicted molar refractivity (Wildman–Crippen MR) is 90.1 cm³/mol. The van der Waals surface area contributed by atoms with E-state index in [0.29, 0.717) is 36.3 Å². The monoisotopic (exact) mass is 331 g/mol. The fourth-order valence-electron chi connectivity index (χ4n) is 2.43. The highest BCUT2D eigenvalue weighted by Crippen LogP contribution is 2.34. The molecule has 1 atom stereocenters. The fraction of sp³-hybridized carbons (Fsp3) is 0.533. The van der Waals surface area contributed by atoms with E-state index in [1.165, 1.54) is 12.8 Å². The van der Waals surface area contributed by atoms with E-state index < -0.39 is 0 Å². The zero-order chi connectivity index (χ0) is 14.5. The van der Waals surface area contributed by atoms with Crippen LogP contribution in [0, 0.1) is 5.92 Å². The third-order valence-corrected chi connectivity index (χ3v) is 4.14. The first-order chi connectivity index (χ1) is 9.61. The Balaban J connectivity index is 0.00000220. The molecular weight excluding hydrogens is 309 g/mol. The van der Waals surface area contributed by atoms with Gasteiger partial charge in [-0.2, -0.15) is 0 Å². The molecular formula is C15H23Cl2N3O. The molecule has 1 unspecified atom stereocenters. The van der Waals surface area contributed by atoms with Crippen LogP contribution in [0.15, 0.2) is 24.3 Å². The highest BCUT2D eigenvalue weighted by Gasteiger charge is 2.32. The Hall–Kier alpha value is -0.810. The van der Waals surface area contributed by atoms with Gasteiger partial charge < -0.3 is 16.0 Å². The van der Waals surface area contributed by atoms with E-state index in [1.807, 2.05) is 19.2 Å². The van der Waals surface area contributed by atoms with Crippen molar-refractivity contribution in [2.24, 2.45) is 11.7 Å². The largest absolute Gasteiger partial charge is 0.329 e. The van der Waals surface area contributed by atoms with Crippen LogP contribution in [0.4, 0.5) is 5.69 Å². The summed E-state index contributed by atoms with van der Waals surface area (Å²) in [5.74, 6) is 0.702. The lowest BCUT2D eigenvalue weighted by atomic mass is 10.1. The summed E-state index contributed by atoms with van der Waals surface area (Å²) >= 11 is 6.01. The molecule has 1 fully saturated rings. The quantitative estimate of drug-likeness (QED) is 0.807. The van der Waals surface area contributed by atoms with Gasteiger partial charge in [0.25, 0.3) is 0 Å². The van der Waals surface area contributed by atoms with E-state index in [0.717, 1.165) is 5.92 Å². The Bertz CT molecular complexity index is 466. The second-order valence-electron chi connectivity index (χ2n) is 5.40. The average molecular weight is 332 g/mol. The van der Waals surface area contributed by atoms with E-state index >= 15 is 0 Å². The minimum atomic E-state index is -0.0171. The molecule has 1 aromatic rings. The molecule has 6 heteroatoms. The van der Waals surface area contributed by atoms with Crippen LogP contribution in [0.5, 0.6) is 0 Å². The summed E-state index contributed by atoms with van der Waals surface area (Å²) in [6.07, 6.45) is 2.97. The van der Waals surface area contributed by atoms with Crippen LogP contribution in [0.3, 0.4) is 0 Å². The standard InChI is InChI=1S/C15H22ClN3O.ClH/c1-19(14(10-17)11-6-7-11)9-8-15(20)18-13-5-3-2-4-12(13)16;/h2-5,11,14H,6-10,17H2,1H3,(H,18,20);1H. The van der Waals surface area contributed by atoms with E-state index in [2.05, 4.69) is 10.2 Å². The lowest BCUT2D eigenvalue weighted by Crippen LogP contribution is -2.40. The van der Waals surface area contributed by atoms with Crippen molar-refractivity contribution in [2.75, 3.05) is 25.5 Å². The lowest BCUT2D eigenvalue weighted by molar-refractivity contribution is -0.116. The molecule has 0 spiro atoms. The first-order valence-corrected chi connectivity index (χ1v) is 7.44. The molecule has 0 heterocycles. The summed E-state index contributed by atoms with van der Waals surface area (Å²) in [6, 6.07) is 7.67. The maximum Gasteiger partial charge on any atom is 0.225 e. The van der Waals surface area contributed by atoms with Crippen LogP contribution in [0.1, 0.15) is 19.3 Å². The first kappa shape index (κ1) is 18.2. The maximum absolute atomic E-state index is 11.9. The normalized spacial score (nSPS) is 15.4. The molecule has 2 rings (SSSR count). The topological polar surface area (TPSA) is 58.4 Å². The number of rotatable bonds is 7. The molecule has 1 aliphatic carbocycles. The molecule has 0 radical (unpaired) electrons. The van der Waals surface area contributed by atoms with Crippen molar-refractivity contribution >= 4 is 35.6 Å². The molecule has 0 bridgehead atoms. The van der Waals surface area contributed by atoms with Crippen molar-refractivity contribution in [1.82, 2.24) is 4.90 Å². The third kappa shape index (κ3) is 5.47. The van der Waals surface area contributed by atoms with Gasteiger partial charge in [-0.1, -0.05) is 23.7 Å². The third-order valence-electron chi connectivity index (χ3n) is 3.81. The molecule has 1 amide bonds. The number of nitrogens with two attached hydrogens (primary N) is 1. The van der Waals surface area contributed by atoms with E-state index in [-0.39, 0.29) is 18.3 Å². The predicted octanol–water partition coefficient (Wildman–Crippen LogP) is 2.76. The smallest absolute Gasteiger partial charge is 0.225 e. The number of likely N-dealkylation sites (N-methyl/N-ethyl adjacent to an activating group) is 1. The Morgan fingerprint density at radius 3 is 2.71 bits per heavy atom. The average Bonchev–Trinajstić information content (AvgIpc) is 3.25. The number of amides is 1. The number of nitrogens with zero attached hydrogens (tertiary/aromatic N) is 1. The summed E-state index contributed by atoms with van der Waals surface area (Å²) in [5.41, 5.74) is 6.47. The van der Waals surface area contributed by atoms with Crippen LogP contribution < -0.4 is 11.1 Å². The summed E-state index contributed by atoms with van der Waals surface area (Å²) in [7, 11) is 2.04. The Morgan fingerprint density at radius 1 is 1.48 bits per heavy atom. The van der Waals surface area contributed by atoms with Gasteiger partial charge in [0.15, 0.2) is 0 Å². The van der Waals surface area contributed by atoms with Crippen molar-refractivity contribution in [3.63, 3.8) is 0 Å². The summed E-state index contributed by atoms with van der Waals surface area (Å²) in [6.45, 7) is 1.38. The van der Waals surface area contributed by atoms with Crippen LogP contribution in [-0.4, -0.2) is 37.0 Å². The van der Waals surface area contributed by atoms with Gasteiger partial charge in [0.05, 0.1) is 10.7 Å². The van der Waals surface area contributed by atoms with E-state index in [9.17, 15) is 4.79 Å². The number of carbonyl (C=O) groups excluding carboxylic acids is 1. The molecule has 0 aromatic heterocycles. The number of hydrogen-bond donors (Lipinski definition) is 2. The van der Waals surface area contributed by atoms with Gasteiger partial charge in [-0.25, -0.2) is 0 Å². The van der Waals surface area contributed by atoms with Crippen LogP contribution in [-0.2, 0) is 4.79 Å². The number of anilines is 1. The van der Waals surface area contributed by atoms with Crippen molar-refractivity contribution < 1.29 is 4.79 Å². The van der Waals surface area contributed by atoms with Gasteiger partial charge in [0.1, 0.15) is 0 Å². The Kier molecular flexibility index (Phi) is 7.46.